The van der Waals surface area contributed by atoms with Gasteiger partial charge in [0.05, 0.1) is 42.0 Å². The van der Waals surface area contributed by atoms with Crippen LogP contribution < -0.4 is 4.90 Å². The van der Waals surface area contributed by atoms with Gasteiger partial charge in [0.1, 0.15) is 0 Å². The third-order valence-corrected chi connectivity index (χ3v) is 7.40. The van der Waals surface area contributed by atoms with E-state index in [-0.39, 0.29) is 10.6 Å². The van der Waals surface area contributed by atoms with Gasteiger partial charge in [0.15, 0.2) is 0 Å². The van der Waals surface area contributed by atoms with Gasteiger partial charge >= 0.3 is 0 Å². The highest BCUT2D eigenvalue weighted by atomic mass is 32.2. The summed E-state index contributed by atoms with van der Waals surface area (Å²) in [7, 11) is -3.57. The van der Waals surface area contributed by atoms with Gasteiger partial charge in [-0.2, -0.15) is 4.31 Å². The molecule has 0 radical (unpaired) electrons. The minimum atomic E-state index is -3.57. The van der Waals surface area contributed by atoms with Crippen LogP contribution in [0.3, 0.4) is 0 Å². The van der Waals surface area contributed by atoms with Gasteiger partial charge in [0.2, 0.25) is 10.0 Å². The zero-order chi connectivity index (χ0) is 17.9. The summed E-state index contributed by atoms with van der Waals surface area (Å²) < 4.78 is 27.0. The number of nitro benzene ring substituents is 1. The highest BCUT2D eigenvalue weighted by molar-refractivity contribution is 7.89. The van der Waals surface area contributed by atoms with Crippen molar-refractivity contribution in [3.05, 3.63) is 34.4 Å². The molecule has 1 heterocycles. The predicted molar refractivity (Wildman–Crippen MR) is 94.0 cm³/mol. The van der Waals surface area contributed by atoms with Crippen molar-refractivity contribution in [1.29, 1.82) is 0 Å². The maximum absolute atomic E-state index is 12.8. The second kappa shape index (κ2) is 7.80. The molecule has 2 fully saturated rings. The lowest BCUT2D eigenvalue weighted by Crippen LogP contribution is -3.18. The van der Waals surface area contributed by atoms with Gasteiger partial charge in [0, 0.05) is 12.1 Å². The van der Waals surface area contributed by atoms with E-state index in [4.69, 9.17) is 0 Å². The van der Waals surface area contributed by atoms with Gasteiger partial charge in [-0.25, -0.2) is 8.42 Å². The van der Waals surface area contributed by atoms with Crippen molar-refractivity contribution < 1.29 is 18.2 Å². The average Bonchev–Trinajstić information content (AvgIpc) is 2.91. The molecule has 8 heteroatoms. The van der Waals surface area contributed by atoms with Gasteiger partial charge in [-0.15, -0.1) is 0 Å². The Morgan fingerprint density at radius 1 is 1.00 bits per heavy atom. The molecule has 1 saturated heterocycles. The Balaban J connectivity index is 1.63. The minimum Gasteiger partial charge on any atom is -0.330 e. The van der Waals surface area contributed by atoms with E-state index in [1.807, 2.05) is 0 Å². The summed E-state index contributed by atoms with van der Waals surface area (Å²) in [5, 5.41) is 10.7. The van der Waals surface area contributed by atoms with Gasteiger partial charge in [-0.3, -0.25) is 10.1 Å². The molecule has 1 saturated carbocycles. The van der Waals surface area contributed by atoms with Crippen molar-refractivity contribution in [2.75, 3.05) is 26.2 Å². The third-order valence-electron chi connectivity index (χ3n) is 5.48. The molecule has 25 heavy (non-hydrogen) atoms. The number of rotatable bonds is 4. The normalized spacial score (nSPS) is 21.8. The highest BCUT2D eigenvalue weighted by Crippen LogP contribution is 2.20. The molecular weight excluding hydrogens is 342 g/mol. The topological polar surface area (TPSA) is 85.0 Å². The molecule has 0 bridgehead atoms. The number of hydrogen-bond donors (Lipinski definition) is 1. The molecule has 0 amide bonds. The Morgan fingerprint density at radius 2 is 1.56 bits per heavy atom. The SMILES string of the molecule is O=[N+]([O-])c1ccc(S(=O)(=O)N2CC[NH+](C3CCCCCC3)CC2)cc1. The maximum atomic E-state index is 12.8. The van der Waals surface area contributed by atoms with Crippen LogP contribution in [-0.4, -0.2) is 49.9 Å². The first-order valence-corrected chi connectivity index (χ1v) is 10.5. The monoisotopic (exact) mass is 368 g/mol. The molecule has 138 valence electrons. The predicted octanol–water partition coefficient (Wildman–Crippen LogP) is 1.21. The summed E-state index contributed by atoms with van der Waals surface area (Å²) in [4.78, 5) is 11.9. The fourth-order valence-electron chi connectivity index (χ4n) is 4.00. The lowest BCUT2D eigenvalue weighted by atomic mass is 10.1. The first-order chi connectivity index (χ1) is 12.0. The van der Waals surface area contributed by atoms with Gasteiger partial charge in [0.25, 0.3) is 5.69 Å². The number of nitrogens with one attached hydrogen (secondary N) is 1. The van der Waals surface area contributed by atoms with E-state index in [0.717, 1.165) is 13.1 Å². The molecule has 7 nitrogen and oxygen atoms in total. The van der Waals surface area contributed by atoms with Crippen LogP contribution in [0.25, 0.3) is 0 Å². The lowest BCUT2D eigenvalue weighted by Gasteiger charge is -2.35. The molecule has 1 aliphatic heterocycles. The quantitative estimate of drug-likeness (QED) is 0.492. The van der Waals surface area contributed by atoms with Crippen LogP contribution in [-0.2, 0) is 10.0 Å². The molecule has 0 spiro atoms. The van der Waals surface area contributed by atoms with Crippen LogP contribution >= 0.6 is 0 Å². The van der Waals surface area contributed by atoms with Crippen molar-refractivity contribution in [3.63, 3.8) is 0 Å². The largest absolute Gasteiger partial charge is 0.330 e. The van der Waals surface area contributed by atoms with Crippen LogP contribution in [0.4, 0.5) is 5.69 Å². The van der Waals surface area contributed by atoms with Crippen LogP contribution in [0.15, 0.2) is 29.2 Å². The average molecular weight is 368 g/mol. The Bertz CT molecular complexity index is 689. The van der Waals surface area contributed by atoms with E-state index < -0.39 is 14.9 Å². The maximum Gasteiger partial charge on any atom is 0.269 e. The van der Waals surface area contributed by atoms with Crippen LogP contribution in [0.1, 0.15) is 38.5 Å². The first kappa shape index (κ1) is 18.3. The Labute approximate surface area is 148 Å². The molecule has 1 aromatic rings. The number of piperazine rings is 1. The Kier molecular flexibility index (Phi) is 5.71. The molecule has 3 rings (SSSR count). The van der Waals surface area contributed by atoms with Crippen LogP contribution in [0, 0.1) is 10.1 Å². The van der Waals surface area contributed by atoms with Crippen molar-refractivity contribution in [2.45, 2.75) is 49.5 Å². The molecule has 1 aliphatic carbocycles. The summed E-state index contributed by atoms with van der Waals surface area (Å²) in [6.45, 7) is 2.73. The number of non-ortho nitro benzene ring substituents is 1. The zero-order valence-corrected chi connectivity index (χ0v) is 15.2. The number of sulfonamides is 1. The van der Waals surface area contributed by atoms with Crippen molar-refractivity contribution in [2.24, 2.45) is 0 Å². The van der Waals surface area contributed by atoms with Crippen LogP contribution in [0.5, 0.6) is 0 Å². The first-order valence-electron chi connectivity index (χ1n) is 9.07. The molecule has 2 aliphatic rings. The molecule has 0 unspecified atom stereocenters. The van der Waals surface area contributed by atoms with E-state index in [2.05, 4.69) is 0 Å². The zero-order valence-electron chi connectivity index (χ0n) is 14.4. The van der Waals surface area contributed by atoms with Gasteiger partial charge in [-0.05, 0) is 37.8 Å². The van der Waals surface area contributed by atoms with Crippen molar-refractivity contribution >= 4 is 15.7 Å². The van der Waals surface area contributed by atoms with E-state index >= 15 is 0 Å². The van der Waals surface area contributed by atoms with Crippen LogP contribution in [0.2, 0.25) is 0 Å². The second-order valence-corrected chi connectivity index (χ2v) is 8.94. The summed E-state index contributed by atoms with van der Waals surface area (Å²) in [6, 6.07) is 5.84. The summed E-state index contributed by atoms with van der Waals surface area (Å²) >= 11 is 0. The Morgan fingerprint density at radius 3 is 2.08 bits per heavy atom. The molecule has 1 aromatic carbocycles. The number of nitrogens with zero attached hydrogens (tertiary/aromatic N) is 2. The smallest absolute Gasteiger partial charge is 0.269 e. The van der Waals surface area contributed by atoms with E-state index in [0.29, 0.717) is 19.1 Å². The summed E-state index contributed by atoms with van der Waals surface area (Å²) in [5.74, 6) is 0. The molecule has 0 aromatic heterocycles. The fraction of sp³-hybridized carbons (Fsp3) is 0.647. The molecule has 0 atom stereocenters. The fourth-order valence-corrected chi connectivity index (χ4v) is 5.44. The van der Waals surface area contributed by atoms with Gasteiger partial charge in [-0.1, -0.05) is 12.8 Å². The number of benzene rings is 1. The highest BCUT2D eigenvalue weighted by Gasteiger charge is 2.33. The number of hydrogen-bond acceptors (Lipinski definition) is 4. The van der Waals surface area contributed by atoms with E-state index in [1.54, 1.807) is 0 Å². The third kappa shape index (κ3) is 4.19. The second-order valence-electron chi connectivity index (χ2n) is 7.00. The molecule has 1 N–H and O–H groups in total. The van der Waals surface area contributed by atoms with E-state index in [1.165, 1.54) is 72.0 Å². The number of quaternary nitrogens is 1. The van der Waals surface area contributed by atoms with E-state index in [9.17, 15) is 18.5 Å². The number of nitro groups is 1. The summed E-state index contributed by atoms with van der Waals surface area (Å²) in [5.41, 5.74) is -0.0958. The summed E-state index contributed by atoms with van der Waals surface area (Å²) in [6.07, 6.45) is 7.74. The Hall–Kier alpha value is -1.51. The lowest BCUT2D eigenvalue weighted by molar-refractivity contribution is -0.929. The van der Waals surface area contributed by atoms with Gasteiger partial charge < -0.3 is 4.90 Å². The minimum absolute atomic E-state index is 0.0958. The van der Waals surface area contributed by atoms with Crippen molar-refractivity contribution in [1.82, 2.24) is 4.31 Å². The van der Waals surface area contributed by atoms with Crippen molar-refractivity contribution in [3.8, 4) is 0 Å². The standard InChI is InChI=1S/C17H25N3O4S/c21-20(22)16-7-9-17(10-8-16)25(23,24)19-13-11-18(12-14-19)15-5-3-1-2-4-6-15/h7-10,15H,1-6,11-14H2/p+1. The molecular formula is C17H26N3O4S+.